The summed E-state index contributed by atoms with van der Waals surface area (Å²) in [4.78, 5) is 0. The van der Waals surface area contributed by atoms with Crippen molar-refractivity contribution in [3.8, 4) is 0 Å². The Balaban J connectivity index is 0.000000160. The molecule has 0 amide bonds. The molecule has 0 saturated heterocycles. The molecule has 16 heavy (non-hydrogen) atoms. The number of halogens is 1. The maximum Gasteiger partial charge on any atom is 0.0438 e. The lowest BCUT2D eigenvalue weighted by Gasteiger charge is -1.92. The van der Waals surface area contributed by atoms with E-state index in [-0.39, 0.29) is 0 Å². The van der Waals surface area contributed by atoms with E-state index in [0.717, 1.165) is 22.7 Å². The van der Waals surface area contributed by atoms with Crippen molar-refractivity contribution in [2.24, 2.45) is 0 Å². The molecule has 1 nitrogen and oxygen atoms in total. The van der Waals surface area contributed by atoms with Gasteiger partial charge in [0.2, 0.25) is 0 Å². The second kappa shape index (κ2) is 10.1. The summed E-state index contributed by atoms with van der Waals surface area (Å²) in [5, 5.41) is 11.6. The molecule has 1 N–H and O–H groups in total. The molecule has 2 rings (SSSR count). The molecule has 2 aliphatic rings. The molecule has 2 saturated carbocycles. The Bertz CT molecular complexity index is 143. The van der Waals surface area contributed by atoms with Gasteiger partial charge in [-0.3, -0.25) is 0 Å². The fourth-order valence-corrected chi connectivity index (χ4v) is 3.95. The number of hydrogen-bond acceptors (Lipinski definition) is 3. The third-order valence-electron chi connectivity index (χ3n) is 2.34. The predicted octanol–water partition coefficient (Wildman–Crippen LogP) is 3.93. The van der Waals surface area contributed by atoms with Crippen molar-refractivity contribution in [1.29, 1.82) is 0 Å². The standard InChI is InChI=1S/C6H11BrS.C6H12OS/c2*7-4-1-5-8-6-2-3-6/h6H,1-5H2;6-7H,1-5H2. The quantitative estimate of drug-likeness (QED) is 0.539. The van der Waals surface area contributed by atoms with Crippen LogP contribution in [0.3, 0.4) is 0 Å². The Kier molecular flexibility index (Phi) is 9.59. The Morgan fingerprint density at radius 1 is 0.938 bits per heavy atom. The maximum atomic E-state index is 8.39. The van der Waals surface area contributed by atoms with Crippen molar-refractivity contribution >= 4 is 39.5 Å². The Hall–Kier alpha value is 1.14. The first-order chi connectivity index (χ1) is 7.86. The fourth-order valence-electron chi connectivity index (χ4n) is 1.09. The van der Waals surface area contributed by atoms with Gasteiger partial charge in [0.25, 0.3) is 0 Å². The SMILES string of the molecule is BrCCCSC1CC1.OCCCSC1CC1. The van der Waals surface area contributed by atoms with Gasteiger partial charge in [-0.05, 0) is 50.0 Å². The molecular weight excluding hydrogens is 304 g/mol. The van der Waals surface area contributed by atoms with E-state index >= 15 is 0 Å². The first-order valence-electron chi connectivity index (χ1n) is 6.27. The van der Waals surface area contributed by atoms with E-state index in [1.54, 1.807) is 0 Å². The summed E-state index contributed by atoms with van der Waals surface area (Å²) in [7, 11) is 0. The van der Waals surface area contributed by atoms with Crippen LogP contribution in [0.15, 0.2) is 0 Å². The summed E-state index contributed by atoms with van der Waals surface area (Å²) in [6.07, 6.45) is 8.09. The molecule has 0 heterocycles. The summed E-state index contributed by atoms with van der Waals surface area (Å²) >= 11 is 7.55. The molecule has 0 unspecified atom stereocenters. The van der Waals surface area contributed by atoms with Gasteiger partial charge in [-0.25, -0.2) is 0 Å². The van der Waals surface area contributed by atoms with Crippen LogP contribution in [0.25, 0.3) is 0 Å². The smallest absolute Gasteiger partial charge is 0.0438 e. The zero-order valence-electron chi connectivity index (χ0n) is 9.87. The number of aliphatic hydroxyl groups excluding tert-OH is 1. The van der Waals surface area contributed by atoms with E-state index in [0.29, 0.717) is 6.61 Å². The van der Waals surface area contributed by atoms with Gasteiger partial charge in [0.1, 0.15) is 0 Å². The third-order valence-corrected chi connectivity index (χ3v) is 5.83. The first kappa shape index (κ1) is 15.2. The summed E-state index contributed by atoms with van der Waals surface area (Å²) in [6, 6.07) is 0. The highest BCUT2D eigenvalue weighted by atomic mass is 79.9. The number of rotatable bonds is 8. The summed E-state index contributed by atoms with van der Waals surface area (Å²) in [6.45, 7) is 0.361. The van der Waals surface area contributed by atoms with E-state index < -0.39 is 0 Å². The average molecular weight is 327 g/mol. The highest BCUT2D eigenvalue weighted by molar-refractivity contribution is 9.09. The van der Waals surface area contributed by atoms with Crippen LogP contribution in [0, 0.1) is 0 Å². The normalized spacial score (nSPS) is 19.1. The minimum Gasteiger partial charge on any atom is -0.396 e. The molecule has 0 spiro atoms. The largest absolute Gasteiger partial charge is 0.396 e. The molecule has 2 fully saturated rings. The van der Waals surface area contributed by atoms with E-state index in [9.17, 15) is 0 Å². The van der Waals surface area contributed by atoms with Crippen molar-refractivity contribution in [1.82, 2.24) is 0 Å². The molecule has 0 atom stereocenters. The van der Waals surface area contributed by atoms with E-state index in [4.69, 9.17) is 5.11 Å². The molecule has 0 aromatic heterocycles. The van der Waals surface area contributed by atoms with Gasteiger partial charge in [-0.1, -0.05) is 15.9 Å². The minimum absolute atomic E-state index is 0.361. The van der Waals surface area contributed by atoms with Crippen molar-refractivity contribution in [3.63, 3.8) is 0 Å². The highest BCUT2D eigenvalue weighted by Crippen LogP contribution is 2.34. The molecule has 96 valence electrons. The van der Waals surface area contributed by atoms with Gasteiger partial charge in [0.05, 0.1) is 0 Å². The number of hydrogen-bond donors (Lipinski definition) is 1. The van der Waals surface area contributed by atoms with Crippen LogP contribution in [-0.4, -0.2) is 39.0 Å². The molecular formula is C12H23BrOS2. The number of thioether (sulfide) groups is 2. The van der Waals surface area contributed by atoms with Crippen LogP contribution in [-0.2, 0) is 0 Å². The van der Waals surface area contributed by atoms with Crippen molar-refractivity contribution in [3.05, 3.63) is 0 Å². The fraction of sp³-hybridized carbons (Fsp3) is 1.00. The summed E-state index contributed by atoms with van der Waals surface area (Å²) < 4.78 is 0. The lowest BCUT2D eigenvalue weighted by molar-refractivity contribution is 0.296. The van der Waals surface area contributed by atoms with Crippen LogP contribution in [0.2, 0.25) is 0 Å². The van der Waals surface area contributed by atoms with Gasteiger partial charge in [-0.15, -0.1) is 0 Å². The molecule has 0 bridgehead atoms. The molecule has 2 aliphatic carbocycles. The topological polar surface area (TPSA) is 20.2 Å². The predicted molar refractivity (Wildman–Crippen MR) is 81.1 cm³/mol. The van der Waals surface area contributed by atoms with Gasteiger partial charge in [0, 0.05) is 22.4 Å². The van der Waals surface area contributed by atoms with Gasteiger partial charge < -0.3 is 5.11 Å². The molecule has 0 aromatic rings. The van der Waals surface area contributed by atoms with Crippen LogP contribution in [0.5, 0.6) is 0 Å². The van der Waals surface area contributed by atoms with E-state index in [1.807, 2.05) is 11.8 Å². The number of aliphatic hydroxyl groups is 1. The summed E-state index contributed by atoms with van der Waals surface area (Å²) in [5.74, 6) is 2.51. The number of alkyl halides is 1. The highest BCUT2D eigenvalue weighted by Gasteiger charge is 2.21. The van der Waals surface area contributed by atoms with E-state index in [2.05, 4.69) is 27.7 Å². The zero-order chi connectivity index (χ0) is 11.6. The van der Waals surface area contributed by atoms with Crippen molar-refractivity contribution < 1.29 is 5.11 Å². The Morgan fingerprint density at radius 2 is 1.44 bits per heavy atom. The third kappa shape index (κ3) is 10.3. The van der Waals surface area contributed by atoms with Gasteiger partial charge >= 0.3 is 0 Å². The summed E-state index contributed by atoms with van der Waals surface area (Å²) in [5.41, 5.74) is 0. The monoisotopic (exact) mass is 326 g/mol. The minimum atomic E-state index is 0.361. The van der Waals surface area contributed by atoms with Crippen LogP contribution < -0.4 is 0 Å². The van der Waals surface area contributed by atoms with Crippen LogP contribution >= 0.6 is 39.5 Å². The Morgan fingerprint density at radius 3 is 1.81 bits per heavy atom. The van der Waals surface area contributed by atoms with Crippen molar-refractivity contribution in [2.75, 3.05) is 23.4 Å². The lowest BCUT2D eigenvalue weighted by atomic mass is 10.5. The van der Waals surface area contributed by atoms with Gasteiger partial charge in [-0.2, -0.15) is 23.5 Å². The zero-order valence-corrected chi connectivity index (χ0v) is 13.1. The second-order valence-electron chi connectivity index (χ2n) is 4.26. The Labute approximate surface area is 117 Å². The first-order valence-corrected chi connectivity index (χ1v) is 9.48. The van der Waals surface area contributed by atoms with E-state index in [1.165, 1.54) is 43.2 Å². The molecule has 4 heteroatoms. The van der Waals surface area contributed by atoms with Crippen LogP contribution in [0.1, 0.15) is 38.5 Å². The molecule has 0 aromatic carbocycles. The average Bonchev–Trinajstić information content (AvgIpc) is 3.15. The molecule has 0 radical (unpaired) electrons. The van der Waals surface area contributed by atoms with Crippen molar-refractivity contribution in [2.45, 2.75) is 49.0 Å². The second-order valence-corrected chi connectivity index (χ2v) is 7.87. The molecule has 0 aliphatic heterocycles. The maximum absolute atomic E-state index is 8.39. The van der Waals surface area contributed by atoms with Crippen LogP contribution in [0.4, 0.5) is 0 Å². The van der Waals surface area contributed by atoms with Gasteiger partial charge in [0.15, 0.2) is 0 Å². The lowest BCUT2D eigenvalue weighted by Crippen LogP contribution is -1.86.